The predicted octanol–water partition coefficient (Wildman–Crippen LogP) is 11.3. The third-order valence-electron chi connectivity index (χ3n) is 11.3. The van der Waals surface area contributed by atoms with Gasteiger partial charge in [-0.15, -0.1) is 0 Å². The molecule has 0 N–H and O–H groups in total. The molecule has 1 fully saturated rings. The van der Waals surface area contributed by atoms with Crippen molar-refractivity contribution < 1.29 is 9.31 Å². The molecule has 252 valence electrons. The molecule has 9 rings (SSSR count). The van der Waals surface area contributed by atoms with Crippen LogP contribution in [-0.4, -0.2) is 34.5 Å². The lowest BCUT2D eigenvalue weighted by atomic mass is 9.76. The van der Waals surface area contributed by atoms with Gasteiger partial charge in [0.1, 0.15) is 0 Å². The minimum absolute atomic E-state index is 0.331. The molecule has 1 aliphatic rings. The van der Waals surface area contributed by atoms with E-state index in [9.17, 15) is 0 Å². The summed E-state index contributed by atoms with van der Waals surface area (Å²) >= 11 is 3.63. The van der Waals surface area contributed by atoms with Gasteiger partial charge in [0, 0.05) is 4.47 Å². The van der Waals surface area contributed by atoms with Crippen LogP contribution in [0.5, 0.6) is 0 Å². The zero-order valence-electron chi connectivity index (χ0n) is 31.0. The molecule has 0 amide bonds. The number of benzene rings is 8. The van der Waals surface area contributed by atoms with E-state index in [-0.39, 0.29) is 18.3 Å². The minimum atomic E-state index is -1.43. The fourth-order valence-corrected chi connectivity index (χ4v) is 11.7. The van der Waals surface area contributed by atoms with Gasteiger partial charge in [-0.2, -0.15) is 0 Å². The van der Waals surface area contributed by atoms with Gasteiger partial charge in [-0.05, 0) is 110 Å². The molecule has 1 heterocycles. The minimum Gasteiger partial charge on any atom is -0.399 e. The normalized spacial score (nSPS) is 16.4. The summed E-state index contributed by atoms with van der Waals surface area (Å²) in [5.74, 6) is 0. The molecule has 50 heavy (non-hydrogen) atoms. The van der Waals surface area contributed by atoms with Crippen molar-refractivity contribution in [2.24, 2.45) is 0 Å². The molecule has 8 aromatic rings. The second-order valence-corrected chi connectivity index (χ2v) is 28.4. The third kappa shape index (κ3) is 5.41. The molecule has 0 saturated carbocycles. The summed E-state index contributed by atoms with van der Waals surface area (Å²) < 4.78 is 13.8. The lowest BCUT2D eigenvalue weighted by molar-refractivity contribution is 0.00578. The Morgan fingerprint density at radius 1 is 0.460 bits per heavy atom. The molecule has 2 nitrogen and oxygen atoms in total. The summed E-state index contributed by atoms with van der Waals surface area (Å²) in [4.78, 5) is 0. The van der Waals surface area contributed by atoms with E-state index in [1.807, 2.05) is 0 Å². The maximum absolute atomic E-state index is 6.32. The molecule has 0 spiro atoms. The first-order chi connectivity index (χ1) is 23.4. The van der Waals surface area contributed by atoms with Gasteiger partial charge < -0.3 is 9.31 Å². The van der Waals surface area contributed by atoms with Crippen LogP contribution in [0, 0.1) is 0 Å². The second-order valence-electron chi connectivity index (χ2n) is 17.4. The molecular formula is C44H46BBrO2Si2. The average Bonchev–Trinajstić information content (AvgIpc) is 3.27. The van der Waals surface area contributed by atoms with E-state index in [1.165, 1.54) is 69.8 Å². The third-order valence-corrected chi connectivity index (χ3v) is 15.9. The number of halogens is 1. The second kappa shape index (κ2) is 11.4. The summed E-state index contributed by atoms with van der Waals surface area (Å²) in [6, 6.07) is 36.5. The van der Waals surface area contributed by atoms with E-state index in [4.69, 9.17) is 9.31 Å². The Labute approximate surface area is 307 Å². The predicted molar refractivity (Wildman–Crippen MR) is 230 cm³/mol. The Balaban J connectivity index is 0.000000152. The van der Waals surface area contributed by atoms with Crippen LogP contribution in [0.2, 0.25) is 39.3 Å². The van der Waals surface area contributed by atoms with Crippen molar-refractivity contribution in [2.45, 2.75) is 78.2 Å². The van der Waals surface area contributed by atoms with Gasteiger partial charge in [0.15, 0.2) is 0 Å². The quantitative estimate of drug-likeness (QED) is 0.132. The maximum atomic E-state index is 6.32. The maximum Gasteiger partial charge on any atom is 0.494 e. The van der Waals surface area contributed by atoms with Crippen LogP contribution in [0.4, 0.5) is 0 Å². The number of hydrogen-bond acceptors (Lipinski definition) is 2. The van der Waals surface area contributed by atoms with E-state index in [2.05, 4.69) is 180 Å². The highest BCUT2D eigenvalue weighted by atomic mass is 79.9. The Bertz CT molecular complexity index is 2540. The molecule has 0 radical (unpaired) electrons. The van der Waals surface area contributed by atoms with Crippen molar-refractivity contribution in [2.75, 3.05) is 0 Å². The van der Waals surface area contributed by atoms with Gasteiger partial charge in [0.05, 0.1) is 27.3 Å². The van der Waals surface area contributed by atoms with Crippen molar-refractivity contribution >= 4 is 120 Å². The Kier molecular flexibility index (Phi) is 7.70. The van der Waals surface area contributed by atoms with Gasteiger partial charge in [-0.1, -0.05) is 151 Å². The Morgan fingerprint density at radius 3 is 1.20 bits per heavy atom. The summed E-state index contributed by atoms with van der Waals surface area (Å²) in [5.41, 5.74) is 0.435. The molecule has 6 heteroatoms. The van der Waals surface area contributed by atoms with Crippen molar-refractivity contribution in [1.82, 2.24) is 0 Å². The monoisotopic (exact) mass is 752 g/mol. The van der Waals surface area contributed by atoms with E-state index < -0.39 is 16.1 Å². The van der Waals surface area contributed by atoms with Gasteiger partial charge >= 0.3 is 7.12 Å². The van der Waals surface area contributed by atoms with Gasteiger partial charge in [-0.3, -0.25) is 0 Å². The summed E-state index contributed by atoms with van der Waals surface area (Å²) in [6.45, 7) is 23.0. The van der Waals surface area contributed by atoms with Crippen LogP contribution >= 0.6 is 15.9 Å². The van der Waals surface area contributed by atoms with Crippen molar-refractivity contribution in [3.8, 4) is 0 Å². The van der Waals surface area contributed by atoms with Crippen LogP contribution in [0.15, 0.2) is 102 Å². The van der Waals surface area contributed by atoms with Crippen molar-refractivity contribution in [3.05, 3.63) is 102 Å². The van der Waals surface area contributed by atoms with Crippen LogP contribution < -0.4 is 15.8 Å². The van der Waals surface area contributed by atoms with E-state index in [0.29, 0.717) is 0 Å². The first-order valence-corrected chi connectivity index (χ1v) is 25.7. The fraction of sp³-hybridized carbons (Fsp3) is 0.273. The van der Waals surface area contributed by atoms with Gasteiger partial charge in [0.2, 0.25) is 0 Å². The SMILES string of the molecule is CC1(C)OB(c2cc3ccc4ccc([Si](C)(C)C)c5ccc(c2)c3c45)OC1(C)C.C[Si](C)(C)c1ccc2ccc3cc(Br)cc4ccc1c2c34. The van der Waals surface area contributed by atoms with E-state index in [1.54, 1.807) is 5.19 Å². The highest BCUT2D eigenvalue weighted by Crippen LogP contribution is 2.39. The standard InChI is InChI=1S/C25H29BO2Si.C19H17BrSi/c1-24(2)25(3,4)28-26(27-24)19-14-17-9-8-16-11-13-21(29(5,6)7)20-12-10-18(15-19)22(17)23(16)20;1-21(2,3)17-9-7-12-4-5-13-10-15(20)11-14-6-8-16(17)19(12)18(13)14/h8-15H,1-7H3;4-11H,1-3H3. The molecule has 0 unspecified atom stereocenters. The van der Waals surface area contributed by atoms with Gasteiger partial charge in [0.25, 0.3) is 0 Å². The largest absolute Gasteiger partial charge is 0.494 e. The fourth-order valence-electron chi connectivity index (χ4n) is 8.05. The molecule has 1 saturated heterocycles. The molecule has 1 aliphatic heterocycles. The number of rotatable bonds is 3. The van der Waals surface area contributed by atoms with Crippen LogP contribution in [0.25, 0.3) is 64.6 Å². The topological polar surface area (TPSA) is 18.5 Å². The Morgan fingerprint density at radius 2 is 0.800 bits per heavy atom. The zero-order valence-corrected chi connectivity index (χ0v) is 34.6. The highest BCUT2D eigenvalue weighted by Gasteiger charge is 2.51. The first-order valence-electron chi connectivity index (χ1n) is 17.9. The highest BCUT2D eigenvalue weighted by molar-refractivity contribution is 9.10. The molecule has 8 aromatic carbocycles. The molecule has 0 bridgehead atoms. The first kappa shape index (κ1) is 33.9. The summed E-state index contributed by atoms with van der Waals surface area (Å²) in [5, 5.41) is 19.4. The summed E-state index contributed by atoms with van der Waals surface area (Å²) in [6.07, 6.45) is 0. The van der Waals surface area contributed by atoms with Crippen molar-refractivity contribution in [1.29, 1.82) is 0 Å². The lowest BCUT2D eigenvalue weighted by Gasteiger charge is -2.32. The lowest BCUT2D eigenvalue weighted by Crippen LogP contribution is -2.41. The number of hydrogen-bond donors (Lipinski definition) is 0. The van der Waals surface area contributed by atoms with Crippen LogP contribution in [0.1, 0.15) is 27.7 Å². The van der Waals surface area contributed by atoms with Crippen LogP contribution in [0.3, 0.4) is 0 Å². The molecular weight excluding hydrogens is 707 g/mol. The van der Waals surface area contributed by atoms with Crippen molar-refractivity contribution in [3.63, 3.8) is 0 Å². The summed E-state index contributed by atoms with van der Waals surface area (Å²) in [7, 11) is -3.11. The van der Waals surface area contributed by atoms with E-state index >= 15 is 0 Å². The molecule has 0 aliphatic carbocycles. The van der Waals surface area contributed by atoms with Crippen LogP contribution in [-0.2, 0) is 9.31 Å². The smallest absolute Gasteiger partial charge is 0.399 e. The average molecular weight is 754 g/mol. The molecule has 0 atom stereocenters. The zero-order chi connectivity index (χ0) is 35.5. The van der Waals surface area contributed by atoms with E-state index in [0.717, 1.165) is 9.94 Å². The Hall–Kier alpha value is -3.26. The molecule has 0 aromatic heterocycles. The van der Waals surface area contributed by atoms with Gasteiger partial charge in [-0.25, -0.2) is 0 Å².